The lowest BCUT2D eigenvalue weighted by atomic mass is 10.1. The first-order chi connectivity index (χ1) is 9.31. The van der Waals surface area contributed by atoms with Crippen LogP contribution in [0.4, 0.5) is 5.13 Å². The molecular formula is C14H19N3OS. The summed E-state index contributed by atoms with van der Waals surface area (Å²) in [6, 6.07) is 0.613. The average Bonchev–Trinajstić information content (AvgIpc) is 3.33. The van der Waals surface area contributed by atoms with E-state index in [0.29, 0.717) is 12.0 Å². The van der Waals surface area contributed by atoms with E-state index in [1.807, 2.05) is 4.90 Å². The SMILES string of the molecule is O=C1C(NC2CC2)CCCN1c1nc(C2CC2)cs1. The molecule has 1 unspecified atom stereocenters. The van der Waals surface area contributed by atoms with Gasteiger partial charge in [0.05, 0.1) is 11.7 Å². The van der Waals surface area contributed by atoms with Crippen LogP contribution in [0.5, 0.6) is 0 Å². The predicted molar refractivity (Wildman–Crippen MR) is 75.6 cm³/mol. The molecule has 4 rings (SSSR count). The average molecular weight is 277 g/mol. The highest BCUT2D eigenvalue weighted by Crippen LogP contribution is 2.41. The molecule has 0 spiro atoms. The van der Waals surface area contributed by atoms with Gasteiger partial charge in [-0.3, -0.25) is 9.69 Å². The number of carbonyl (C=O) groups excluding carboxylic acids is 1. The summed E-state index contributed by atoms with van der Waals surface area (Å²) >= 11 is 1.63. The van der Waals surface area contributed by atoms with Crippen molar-refractivity contribution in [1.29, 1.82) is 0 Å². The van der Waals surface area contributed by atoms with Crippen molar-refractivity contribution in [2.75, 3.05) is 11.4 Å². The number of hydrogen-bond donors (Lipinski definition) is 1. The van der Waals surface area contributed by atoms with Crippen LogP contribution in [0.15, 0.2) is 5.38 Å². The molecule has 1 atom stereocenters. The maximum absolute atomic E-state index is 12.5. The van der Waals surface area contributed by atoms with Crippen LogP contribution in [0.3, 0.4) is 0 Å². The van der Waals surface area contributed by atoms with Gasteiger partial charge in [-0.15, -0.1) is 11.3 Å². The second-order valence-electron chi connectivity index (χ2n) is 5.95. The van der Waals surface area contributed by atoms with Crippen molar-refractivity contribution >= 4 is 22.4 Å². The van der Waals surface area contributed by atoms with E-state index in [4.69, 9.17) is 0 Å². The molecule has 1 aromatic heterocycles. The number of piperidine rings is 1. The van der Waals surface area contributed by atoms with Gasteiger partial charge in [-0.25, -0.2) is 4.98 Å². The number of aromatic nitrogens is 1. The van der Waals surface area contributed by atoms with Crippen LogP contribution in [0.25, 0.3) is 0 Å². The molecule has 2 saturated carbocycles. The normalized spacial score (nSPS) is 27.9. The van der Waals surface area contributed by atoms with Gasteiger partial charge < -0.3 is 5.32 Å². The second-order valence-corrected chi connectivity index (χ2v) is 6.79. The van der Waals surface area contributed by atoms with Crippen molar-refractivity contribution in [2.45, 2.75) is 56.5 Å². The number of nitrogens with zero attached hydrogens (tertiary/aromatic N) is 2. The van der Waals surface area contributed by atoms with Gasteiger partial charge >= 0.3 is 0 Å². The number of hydrogen-bond acceptors (Lipinski definition) is 4. The van der Waals surface area contributed by atoms with E-state index in [-0.39, 0.29) is 11.9 Å². The summed E-state index contributed by atoms with van der Waals surface area (Å²) < 4.78 is 0. The molecule has 0 aromatic carbocycles. The fourth-order valence-electron chi connectivity index (χ4n) is 2.72. The Bertz CT molecular complexity index is 493. The summed E-state index contributed by atoms with van der Waals surface area (Å²) in [6.45, 7) is 0.833. The monoisotopic (exact) mass is 277 g/mol. The molecule has 1 saturated heterocycles. The van der Waals surface area contributed by atoms with Gasteiger partial charge in [-0.1, -0.05) is 0 Å². The van der Waals surface area contributed by atoms with Gasteiger partial charge in [0, 0.05) is 23.9 Å². The first-order valence-corrected chi connectivity index (χ1v) is 8.22. The van der Waals surface area contributed by atoms with Gasteiger partial charge in [0.1, 0.15) is 0 Å². The Morgan fingerprint density at radius 1 is 1.26 bits per heavy atom. The topological polar surface area (TPSA) is 45.2 Å². The molecule has 0 bridgehead atoms. The van der Waals surface area contributed by atoms with Crippen molar-refractivity contribution in [3.05, 3.63) is 11.1 Å². The minimum absolute atomic E-state index is 0.0227. The van der Waals surface area contributed by atoms with E-state index >= 15 is 0 Å². The van der Waals surface area contributed by atoms with Crippen LogP contribution in [-0.4, -0.2) is 29.5 Å². The van der Waals surface area contributed by atoms with Crippen molar-refractivity contribution in [3.8, 4) is 0 Å². The number of carbonyl (C=O) groups is 1. The molecule has 2 heterocycles. The Morgan fingerprint density at radius 3 is 2.84 bits per heavy atom. The molecule has 1 aromatic rings. The van der Waals surface area contributed by atoms with Gasteiger partial charge in [-0.05, 0) is 38.5 Å². The van der Waals surface area contributed by atoms with Crippen LogP contribution in [0.2, 0.25) is 0 Å². The Labute approximate surface area is 117 Å². The van der Waals surface area contributed by atoms with Crippen molar-refractivity contribution in [1.82, 2.24) is 10.3 Å². The molecule has 19 heavy (non-hydrogen) atoms. The van der Waals surface area contributed by atoms with Crippen LogP contribution < -0.4 is 10.2 Å². The summed E-state index contributed by atoms with van der Waals surface area (Å²) in [5.41, 5.74) is 1.20. The zero-order chi connectivity index (χ0) is 12.8. The highest BCUT2D eigenvalue weighted by molar-refractivity contribution is 7.14. The smallest absolute Gasteiger partial charge is 0.245 e. The van der Waals surface area contributed by atoms with E-state index in [0.717, 1.165) is 24.5 Å². The van der Waals surface area contributed by atoms with E-state index < -0.39 is 0 Å². The molecule has 1 amide bonds. The van der Waals surface area contributed by atoms with E-state index in [1.54, 1.807) is 11.3 Å². The van der Waals surface area contributed by atoms with Gasteiger partial charge in [0.15, 0.2) is 5.13 Å². The third kappa shape index (κ3) is 2.41. The van der Waals surface area contributed by atoms with E-state index in [2.05, 4.69) is 15.7 Å². The summed E-state index contributed by atoms with van der Waals surface area (Å²) in [6.07, 6.45) is 7.05. The number of amides is 1. The predicted octanol–water partition coefficient (Wildman–Crippen LogP) is 2.27. The first kappa shape index (κ1) is 11.9. The standard InChI is InChI=1S/C14H19N3OS/c18-13-11(15-10-5-6-10)2-1-7-17(13)14-16-12(8-19-14)9-3-4-9/h8-11,15H,1-7H2. The molecule has 102 valence electrons. The number of nitrogens with one attached hydrogen (secondary N) is 1. The first-order valence-electron chi connectivity index (χ1n) is 7.34. The van der Waals surface area contributed by atoms with Crippen LogP contribution in [0, 0.1) is 0 Å². The zero-order valence-corrected chi connectivity index (χ0v) is 11.8. The van der Waals surface area contributed by atoms with Gasteiger partial charge in [-0.2, -0.15) is 0 Å². The van der Waals surface area contributed by atoms with Gasteiger partial charge in [0.2, 0.25) is 5.91 Å². The van der Waals surface area contributed by atoms with E-state index in [1.165, 1.54) is 31.4 Å². The highest BCUT2D eigenvalue weighted by atomic mass is 32.1. The molecular weight excluding hydrogens is 258 g/mol. The highest BCUT2D eigenvalue weighted by Gasteiger charge is 2.35. The fraction of sp³-hybridized carbons (Fsp3) is 0.714. The number of thiazole rings is 1. The van der Waals surface area contributed by atoms with Crippen LogP contribution in [-0.2, 0) is 4.79 Å². The molecule has 0 radical (unpaired) electrons. The van der Waals surface area contributed by atoms with Gasteiger partial charge in [0.25, 0.3) is 0 Å². The molecule has 5 heteroatoms. The molecule has 3 fully saturated rings. The molecule has 2 aliphatic carbocycles. The van der Waals surface area contributed by atoms with Crippen molar-refractivity contribution in [2.24, 2.45) is 0 Å². The van der Waals surface area contributed by atoms with Crippen molar-refractivity contribution in [3.63, 3.8) is 0 Å². The lowest BCUT2D eigenvalue weighted by molar-refractivity contribution is -0.121. The second kappa shape index (κ2) is 4.56. The quantitative estimate of drug-likeness (QED) is 0.918. The van der Waals surface area contributed by atoms with E-state index in [9.17, 15) is 4.79 Å². The molecule has 4 nitrogen and oxygen atoms in total. The minimum Gasteiger partial charge on any atom is -0.303 e. The zero-order valence-electron chi connectivity index (χ0n) is 11.0. The Balaban J connectivity index is 1.49. The maximum atomic E-state index is 12.5. The number of anilines is 1. The summed E-state index contributed by atoms with van der Waals surface area (Å²) in [7, 11) is 0. The molecule has 3 aliphatic rings. The van der Waals surface area contributed by atoms with Crippen LogP contribution in [0.1, 0.15) is 50.1 Å². The Kier molecular flexibility index (Phi) is 2.84. The number of rotatable bonds is 4. The summed E-state index contributed by atoms with van der Waals surface area (Å²) in [5.74, 6) is 0.903. The van der Waals surface area contributed by atoms with Crippen molar-refractivity contribution < 1.29 is 4.79 Å². The lowest BCUT2D eigenvalue weighted by Gasteiger charge is -2.31. The minimum atomic E-state index is 0.0227. The lowest BCUT2D eigenvalue weighted by Crippen LogP contribution is -2.51. The summed E-state index contributed by atoms with van der Waals surface area (Å²) in [5, 5.41) is 6.52. The largest absolute Gasteiger partial charge is 0.303 e. The Morgan fingerprint density at radius 2 is 2.11 bits per heavy atom. The summed E-state index contributed by atoms with van der Waals surface area (Å²) in [4.78, 5) is 19.1. The fourth-order valence-corrected chi connectivity index (χ4v) is 3.66. The maximum Gasteiger partial charge on any atom is 0.245 e. The van der Waals surface area contributed by atoms with Crippen LogP contribution >= 0.6 is 11.3 Å². The molecule has 1 aliphatic heterocycles. The third-order valence-electron chi connectivity index (χ3n) is 4.19. The Hall–Kier alpha value is -0.940. The molecule has 1 N–H and O–H groups in total. The third-order valence-corrected chi connectivity index (χ3v) is 5.07.